The second-order valence-corrected chi connectivity index (χ2v) is 10.0. The summed E-state index contributed by atoms with van der Waals surface area (Å²) in [5.41, 5.74) is 5.27. The SMILES string of the molecule is CCCCCc1ccc2c(c1)CCC(c1c(F)cc(C3CCC(CC)CC3)cc1F)C2. The van der Waals surface area contributed by atoms with Gasteiger partial charge in [0.25, 0.3) is 0 Å². The van der Waals surface area contributed by atoms with E-state index in [1.54, 1.807) is 12.1 Å². The first kappa shape index (κ1) is 22.5. The summed E-state index contributed by atoms with van der Waals surface area (Å²) >= 11 is 0. The van der Waals surface area contributed by atoms with Gasteiger partial charge in [-0.25, -0.2) is 8.78 Å². The highest BCUT2D eigenvalue weighted by atomic mass is 19.1. The Labute approximate surface area is 187 Å². The predicted molar refractivity (Wildman–Crippen MR) is 126 cm³/mol. The highest BCUT2D eigenvalue weighted by Gasteiger charge is 2.28. The maximum atomic E-state index is 15.2. The lowest BCUT2D eigenvalue weighted by Gasteiger charge is -2.29. The Kier molecular flexibility index (Phi) is 7.46. The zero-order valence-electron chi connectivity index (χ0n) is 19.4. The van der Waals surface area contributed by atoms with Crippen molar-refractivity contribution in [3.8, 4) is 0 Å². The molecule has 0 aliphatic heterocycles. The van der Waals surface area contributed by atoms with Gasteiger partial charge in [0.15, 0.2) is 0 Å². The third-order valence-electron chi connectivity index (χ3n) is 7.97. The van der Waals surface area contributed by atoms with Crippen LogP contribution in [-0.4, -0.2) is 0 Å². The van der Waals surface area contributed by atoms with E-state index in [1.807, 2.05) is 0 Å². The fourth-order valence-corrected chi connectivity index (χ4v) is 5.92. The van der Waals surface area contributed by atoms with Gasteiger partial charge in [-0.1, -0.05) is 51.3 Å². The fraction of sp³-hybridized carbons (Fsp3) is 0.586. The number of hydrogen-bond acceptors (Lipinski definition) is 0. The summed E-state index contributed by atoms with van der Waals surface area (Å²) in [4.78, 5) is 0. The molecule has 31 heavy (non-hydrogen) atoms. The van der Waals surface area contributed by atoms with Crippen molar-refractivity contribution < 1.29 is 8.78 Å². The standard InChI is InChI=1S/C29H38F2/c1-3-5-6-7-21-10-13-24-17-25(15-14-23(24)16-21)29-27(30)18-26(19-28(29)31)22-11-8-20(4-2)9-12-22/h10,13,16,18-20,22,25H,3-9,11-12,14-15,17H2,1-2H3. The van der Waals surface area contributed by atoms with Gasteiger partial charge < -0.3 is 0 Å². The molecule has 0 bridgehead atoms. The first-order valence-electron chi connectivity index (χ1n) is 12.7. The monoisotopic (exact) mass is 424 g/mol. The summed E-state index contributed by atoms with van der Waals surface area (Å²) in [7, 11) is 0. The summed E-state index contributed by atoms with van der Waals surface area (Å²) in [6.45, 7) is 4.48. The van der Waals surface area contributed by atoms with Crippen LogP contribution in [0.2, 0.25) is 0 Å². The molecule has 0 saturated heterocycles. The number of aryl methyl sites for hydroxylation is 2. The highest BCUT2D eigenvalue weighted by molar-refractivity contribution is 5.39. The van der Waals surface area contributed by atoms with Crippen LogP contribution in [0.25, 0.3) is 0 Å². The summed E-state index contributed by atoms with van der Waals surface area (Å²) in [6, 6.07) is 10.1. The van der Waals surface area contributed by atoms with Gasteiger partial charge in [0, 0.05) is 5.56 Å². The van der Waals surface area contributed by atoms with E-state index in [2.05, 4.69) is 32.0 Å². The van der Waals surface area contributed by atoms with Crippen molar-refractivity contribution in [1.29, 1.82) is 0 Å². The average Bonchev–Trinajstić information content (AvgIpc) is 2.79. The minimum atomic E-state index is -0.322. The van der Waals surface area contributed by atoms with Gasteiger partial charge in [-0.15, -0.1) is 0 Å². The Balaban J connectivity index is 1.47. The third kappa shape index (κ3) is 5.21. The molecule has 1 unspecified atom stereocenters. The quantitative estimate of drug-likeness (QED) is 0.390. The number of unbranched alkanes of at least 4 members (excludes halogenated alkanes) is 2. The molecule has 2 aromatic rings. The molecule has 0 radical (unpaired) electrons. The van der Waals surface area contributed by atoms with E-state index in [0.29, 0.717) is 11.5 Å². The van der Waals surface area contributed by atoms with E-state index in [1.165, 1.54) is 55.2 Å². The molecule has 4 rings (SSSR count). The molecule has 1 fully saturated rings. The van der Waals surface area contributed by atoms with Gasteiger partial charge in [0.05, 0.1) is 0 Å². The lowest BCUT2D eigenvalue weighted by Crippen LogP contribution is -2.17. The average molecular weight is 425 g/mol. The van der Waals surface area contributed by atoms with Crippen LogP contribution in [0, 0.1) is 17.6 Å². The zero-order valence-corrected chi connectivity index (χ0v) is 19.4. The van der Waals surface area contributed by atoms with E-state index in [-0.39, 0.29) is 17.6 Å². The van der Waals surface area contributed by atoms with E-state index in [9.17, 15) is 0 Å². The van der Waals surface area contributed by atoms with Gasteiger partial charge >= 0.3 is 0 Å². The molecule has 0 aromatic heterocycles. The second kappa shape index (κ2) is 10.3. The van der Waals surface area contributed by atoms with Crippen LogP contribution in [-0.2, 0) is 19.3 Å². The minimum Gasteiger partial charge on any atom is -0.207 e. The van der Waals surface area contributed by atoms with Gasteiger partial charge in [-0.05, 0) is 110 Å². The van der Waals surface area contributed by atoms with E-state index < -0.39 is 0 Å². The minimum absolute atomic E-state index is 0.0525. The van der Waals surface area contributed by atoms with Crippen molar-refractivity contribution in [3.05, 3.63) is 69.8 Å². The summed E-state index contributed by atoms with van der Waals surface area (Å²) in [5.74, 6) is 0.413. The number of hydrogen-bond donors (Lipinski definition) is 0. The summed E-state index contributed by atoms with van der Waals surface area (Å²) < 4.78 is 30.3. The Hall–Kier alpha value is -1.70. The van der Waals surface area contributed by atoms with E-state index in [0.717, 1.165) is 50.0 Å². The lowest BCUT2D eigenvalue weighted by molar-refractivity contribution is 0.317. The molecule has 1 saturated carbocycles. The van der Waals surface area contributed by atoms with Crippen molar-refractivity contribution in [2.75, 3.05) is 0 Å². The van der Waals surface area contributed by atoms with E-state index >= 15 is 8.78 Å². The van der Waals surface area contributed by atoms with Crippen LogP contribution in [0.5, 0.6) is 0 Å². The molecule has 2 aliphatic carbocycles. The maximum absolute atomic E-state index is 15.2. The highest BCUT2D eigenvalue weighted by Crippen LogP contribution is 2.40. The topological polar surface area (TPSA) is 0 Å². The zero-order chi connectivity index (χ0) is 21.8. The number of rotatable bonds is 7. The Morgan fingerprint density at radius 3 is 2.23 bits per heavy atom. The first-order valence-corrected chi connectivity index (χ1v) is 12.7. The number of fused-ring (bicyclic) bond motifs is 1. The van der Waals surface area contributed by atoms with Crippen molar-refractivity contribution in [3.63, 3.8) is 0 Å². The molecule has 0 nitrogen and oxygen atoms in total. The summed E-state index contributed by atoms with van der Waals surface area (Å²) in [6.07, 6.45) is 13.1. The molecule has 2 aliphatic rings. The van der Waals surface area contributed by atoms with Crippen molar-refractivity contribution in [2.24, 2.45) is 5.92 Å². The maximum Gasteiger partial charge on any atom is 0.129 e. The molecule has 2 aromatic carbocycles. The molecule has 0 heterocycles. The molecule has 0 spiro atoms. The largest absolute Gasteiger partial charge is 0.207 e. The van der Waals surface area contributed by atoms with Gasteiger partial charge in [0.2, 0.25) is 0 Å². The van der Waals surface area contributed by atoms with Crippen LogP contribution in [0.1, 0.15) is 111 Å². The van der Waals surface area contributed by atoms with Gasteiger partial charge in [-0.2, -0.15) is 0 Å². The Bertz CT molecular complexity index is 853. The first-order chi connectivity index (χ1) is 15.1. The molecular formula is C29H38F2. The Morgan fingerprint density at radius 1 is 0.806 bits per heavy atom. The van der Waals surface area contributed by atoms with Crippen molar-refractivity contribution in [1.82, 2.24) is 0 Å². The van der Waals surface area contributed by atoms with Crippen molar-refractivity contribution in [2.45, 2.75) is 103 Å². The molecule has 1 atom stereocenters. The smallest absolute Gasteiger partial charge is 0.129 e. The third-order valence-corrected chi connectivity index (χ3v) is 7.97. The van der Waals surface area contributed by atoms with Crippen LogP contribution in [0.3, 0.4) is 0 Å². The molecule has 2 heteroatoms. The van der Waals surface area contributed by atoms with Crippen molar-refractivity contribution >= 4 is 0 Å². The van der Waals surface area contributed by atoms with Crippen LogP contribution >= 0.6 is 0 Å². The fourth-order valence-electron chi connectivity index (χ4n) is 5.92. The van der Waals surface area contributed by atoms with Gasteiger partial charge in [-0.3, -0.25) is 0 Å². The Morgan fingerprint density at radius 2 is 1.55 bits per heavy atom. The normalized spacial score (nSPS) is 23.5. The molecule has 0 N–H and O–H groups in total. The van der Waals surface area contributed by atoms with Gasteiger partial charge in [0.1, 0.15) is 11.6 Å². The van der Waals surface area contributed by atoms with Crippen LogP contribution in [0.4, 0.5) is 8.78 Å². The number of halogens is 2. The molecule has 0 amide bonds. The number of benzene rings is 2. The second-order valence-electron chi connectivity index (χ2n) is 10.0. The summed E-state index contributed by atoms with van der Waals surface area (Å²) in [5, 5.41) is 0. The lowest BCUT2D eigenvalue weighted by atomic mass is 9.76. The van der Waals surface area contributed by atoms with Crippen LogP contribution in [0.15, 0.2) is 30.3 Å². The predicted octanol–water partition coefficient (Wildman–Crippen LogP) is 8.65. The van der Waals surface area contributed by atoms with Crippen LogP contribution < -0.4 is 0 Å². The molecular weight excluding hydrogens is 386 g/mol. The van der Waals surface area contributed by atoms with E-state index in [4.69, 9.17) is 0 Å². The molecule has 168 valence electrons.